The van der Waals surface area contributed by atoms with Crippen molar-refractivity contribution in [3.63, 3.8) is 0 Å². The lowest BCUT2D eigenvalue weighted by Crippen LogP contribution is -1.96. The van der Waals surface area contributed by atoms with Gasteiger partial charge in [0.25, 0.3) is 0 Å². The molecule has 0 aliphatic carbocycles. The molecule has 1 heterocycles. The molecule has 0 aliphatic heterocycles. The summed E-state index contributed by atoms with van der Waals surface area (Å²) in [5.41, 5.74) is -0.0624. The zero-order chi connectivity index (χ0) is 14.2. The van der Waals surface area contributed by atoms with Crippen molar-refractivity contribution in [1.29, 1.82) is 0 Å². The summed E-state index contributed by atoms with van der Waals surface area (Å²) in [5.74, 6) is -4.67. The number of aromatic carboxylic acids is 1. The molecule has 4 nitrogen and oxygen atoms in total. The van der Waals surface area contributed by atoms with Gasteiger partial charge in [0.05, 0.1) is 11.4 Å². The summed E-state index contributed by atoms with van der Waals surface area (Å²) < 4.78 is 39.1. The number of benzene rings is 1. The third kappa shape index (κ3) is 2.68. The van der Waals surface area contributed by atoms with Gasteiger partial charge in [0.15, 0.2) is 16.8 Å². The summed E-state index contributed by atoms with van der Waals surface area (Å²) in [6.45, 7) is 1.48. The van der Waals surface area contributed by atoms with E-state index in [4.69, 9.17) is 5.11 Å². The summed E-state index contributed by atoms with van der Waals surface area (Å²) in [6.07, 6.45) is 0. The number of carboxylic acid groups (broad SMARTS) is 1. The second kappa shape index (κ2) is 4.88. The summed E-state index contributed by atoms with van der Waals surface area (Å²) in [7, 11) is 0. The van der Waals surface area contributed by atoms with Crippen LogP contribution in [0.1, 0.15) is 15.4 Å². The first-order valence-corrected chi connectivity index (χ1v) is 5.82. The number of nitrogens with zero attached hydrogens (tertiary/aromatic N) is 1. The van der Waals surface area contributed by atoms with Gasteiger partial charge in [-0.3, -0.25) is 0 Å². The van der Waals surface area contributed by atoms with Crippen molar-refractivity contribution in [2.45, 2.75) is 6.92 Å². The van der Waals surface area contributed by atoms with Crippen molar-refractivity contribution in [2.75, 3.05) is 5.32 Å². The summed E-state index contributed by atoms with van der Waals surface area (Å²) >= 11 is 0.777. The van der Waals surface area contributed by atoms with E-state index in [1.807, 2.05) is 0 Å². The van der Waals surface area contributed by atoms with Crippen LogP contribution in [0.15, 0.2) is 12.1 Å². The fourth-order valence-corrected chi connectivity index (χ4v) is 2.20. The highest BCUT2D eigenvalue weighted by Gasteiger charge is 2.16. The molecular weight excluding hydrogens is 281 g/mol. The number of aromatic nitrogens is 1. The minimum Gasteiger partial charge on any atom is -0.477 e. The number of aryl methyl sites for hydroxylation is 1. The normalized spacial score (nSPS) is 10.5. The Morgan fingerprint density at radius 2 is 1.89 bits per heavy atom. The smallest absolute Gasteiger partial charge is 0.347 e. The molecule has 8 heteroatoms. The molecule has 0 unspecified atom stereocenters. The maximum absolute atomic E-state index is 13.4. The SMILES string of the molecule is Cc1nc(Nc2cc(F)c(F)cc2F)sc1C(=O)O. The second-order valence-corrected chi connectivity index (χ2v) is 4.61. The highest BCUT2D eigenvalue weighted by atomic mass is 32.1. The van der Waals surface area contributed by atoms with E-state index >= 15 is 0 Å². The Morgan fingerprint density at radius 1 is 1.26 bits per heavy atom. The fraction of sp³-hybridized carbons (Fsp3) is 0.0909. The molecule has 0 fully saturated rings. The number of thiazole rings is 1. The lowest BCUT2D eigenvalue weighted by molar-refractivity contribution is 0.0701. The van der Waals surface area contributed by atoms with Gasteiger partial charge in [-0.2, -0.15) is 0 Å². The standard InChI is InChI=1S/C11H7F3N2O2S/c1-4-9(10(17)18)19-11(15-4)16-8-3-6(13)5(12)2-7(8)14/h2-3H,1H3,(H,15,16)(H,17,18). The predicted octanol–water partition coefficient (Wildman–Crippen LogP) is 3.31. The average Bonchev–Trinajstić information content (AvgIpc) is 2.67. The van der Waals surface area contributed by atoms with E-state index < -0.39 is 23.4 Å². The van der Waals surface area contributed by atoms with Gasteiger partial charge in [-0.15, -0.1) is 0 Å². The van der Waals surface area contributed by atoms with Gasteiger partial charge in [-0.25, -0.2) is 22.9 Å². The maximum Gasteiger partial charge on any atom is 0.347 e. The van der Waals surface area contributed by atoms with Crippen LogP contribution in [-0.2, 0) is 0 Å². The molecule has 0 amide bonds. The number of hydrogen-bond acceptors (Lipinski definition) is 4. The highest BCUT2D eigenvalue weighted by molar-refractivity contribution is 7.17. The molecule has 0 bridgehead atoms. The minimum absolute atomic E-state index is 0.00880. The first kappa shape index (κ1) is 13.3. The van der Waals surface area contributed by atoms with Crippen LogP contribution in [0.25, 0.3) is 0 Å². The Labute approximate surface area is 109 Å². The molecule has 0 atom stereocenters. The van der Waals surface area contributed by atoms with Crippen molar-refractivity contribution in [2.24, 2.45) is 0 Å². The highest BCUT2D eigenvalue weighted by Crippen LogP contribution is 2.28. The molecule has 0 aliphatic rings. The van der Waals surface area contributed by atoms with Gasteiger partial charge in [0, 0.05) is 12.1 Å². The molecule has 19 heavy (non-hydrogen) atoms. The van der Waals surface area contributed by atoms with Crippen LogP contribution in [0.5, 0.6) is 0 Å². The lowest BCUT2D eigenvalue weighted by atomic mass is 10.3. The molecule has 0 saturated carbocycles. The first-order chi connectivity index (χ1) is 8.88. The second-order valence-electron chi connectivity index (χ2n) is 3.61. The predicted molar refractivity (Wildman–Crippen MR) is 63.4 cm³/mol. The van der Waals surface area contributed by atoms with Gasteiger partial charge in [-0.05, 0) is 6.92 Å². The van der Waals surface area contributed by atoms with E-state index in [0.29, 0.717) is 12.1 Å². The molecule has 0 radical (unpaired) electrons. The molecule has 100 valence electrons. The molecule has 2 N–H and O–H groups in total. The lowest BCUT2D eigenvalue weighted by Gasteiger charge is -2.04. The monoisotopic (exact) mass is 288 g/mol. The van der Waals surface area contributed by atoms with E-state index in [0.717, 1.165) is 11.3 Å². The molecule has 0 saturated heterocycles. The number of anilines is 2. The summed E-state index contributed by atoms with van der Waals surface area (Å²) in [5, 5.41) is 11.3. The van der Waals surface area contributed by atoms with Gasteiger partial charge >= 0.3 is 5.97 Å². The minimum atomic E-state index is -1.30. The van der Waals surface area contributed by atoms with E-state index in [1.165, 1.54) is 6.92 Å². The van der Waals surface area contributed by atoms with Crippen LogP contribution in [0.2, 0.25) is 0 Å². The zero-order valence-corrected chi connectivity index (χ0v) is 10.3. The number of rotatable bonds is 3. The molecule has 1 aromatic heterocycles. The van der Waals surface area contributed by atoms with Gasteiger partial charge in [0.2, 0.25) is 0 Å². The van der Waals surface area contributed by atoms with Crippen molar-refractivity contribution in [1.82, 2.24) is 4.98 Å². The maximum atomic E-state index is 13.4. The zero-order valence-electron chi connectivity index (χ0n) is 9.50. The average molecular weight is 288 g/mol. The summed E-state index contributed by atoms with van der Waals surface area (Å²) in [6, 6.07) is 1.04. The van der Waals surface area contributed by atoms with Crippen LogP contribution in [-0.4, -0.2) is 16.1 Å². The third-order valence-electron chi connectivity index (χ3n) is 2.24. The molecule has 2 rings (SSSR count). The van der Waals surface area contributed by atoms with Gasteiger partial charge in [-0.1, -0.05) is 11.3 Å². The van der Waals surface area contributed by atoms with Crippen molar-refractivity contribution in [3.8, 4) is 0 Å². The Morgan fingerprint density at radius 3 is 2.47 bits per heavy atom. The van der Waals surface area contributed by atoms with Crippen LogP contribution in [0, 0.1) is 24.4 Å². The number of hydrogen-bond donors (Lipinski definition) is 2. The van der Waals surface area contributed by atoms with Crippen molar-refractivity contribution >= 4 is 28.1 Å². The van der Waals surface area contributed by atoms with Crippen LogP contribution in [0.3, 0.4) is 0 Å². The van der Waals surface area contributed by atoms with Gasteiger partial charge in [0.1, 0.15) is 10.7 Å². The quantitative estimate of drug-likeness (QED) is 0.851. The van der Waals surface area contributed by atoms with Crippen LogP contribution < -0.4 is 5.32 Å². The fourth-order valence-electron chi connectivity index (χ4n) is 1.38. The van der Waals surface area contributed by atoms with E-state index in [-0.39, 0.29) is 21.4 Å². The molecular formula is C11H7F3N2O2S. The Hall–Kier alpha value is -2.09. The first-order valence-electron chi connectivity index (χ1n) is 5.00. The molecule has 0 spiro atoms. The number of halogens is 3. The van der Waals surface area contributed by atoms with Crippen molar-refractivity contribution in [3.05, 3.63) is 40.2 Å². The molecule has 1 aromatic carbocycles. The Balaban J connectivity index is 2.34. The topological polar surface area (TPSA) is 62.2 Å². The van der Waals surface area contributed by atoms with Crippen molar-refractivity contribution < 1.29 is 23.1 Å². The largest absolute Gasteiger partial charge is 0.477 e. The van der Waals surface area contributed by atoms with E-state index in [2.05, 4.69) is 10.3 Å². The number of carbonyl (C=O) groups is 1. The summed E-state index contributed by atoms with van der Waals surface area (Å²) in [4.78, 5) is 14.7. The van der Waals surface area contributed by atoms with Crippen LogP contribution in [0.4, 0.5) is 24.0 Å². The Bertz CT molecular complexity index is 658. The molecule has 2 aromatic rings. The van der Waals surface area contributed by atoms with Gasteiger partial charge < -0.3 is 10.4 Å². The number of nitrogens with one attached hydrogen (secondary N) is 1. The third-order valence-corrected chi connectivity index (χ3v) is 3.30. The number of carboxylic acids is 1. The van der Waals surface area contributed by atoms with Crippen LogP contribution >= 0.6 is 11.3 Å². The Kier molecular flexibility index (Phi) is 3.43. The van der Waals surface area contributed by atoms with E-state index in [1.54, 1.807) is 0 Å². The van der Waals surface area contributed by atoms with E-state index in [9.17, 15) is 18.0 Å².